The molecular weight excluding hydrogens is 290 g/mol. The van der Waals surface area contributed by atoms with Crippen LogP contribution in [-0.4, -0.2) is 21.7 Å². The monoisotopic (exact) mass is 301 g/mol. The minimum atomic E-state index is -0.413. The molecule has 0 saturated carbocycles. The fourth-order valence-corrected chi connectivity index (χ4v) is 2.77. The van der Waals surface area contributed by atoms with E-state index in [4.69, 9.17) is 4.74 Å². The summed E-state index contributed by atoms with van der Waals surface area (Å²) in [5.41, 5.74) is 0.339. The maximum Gasteiger partial charge on any atom is 0.295 e. The van der Waals surface area contributed by atoms with Gasteiger partial charge in [0.15, 0.2) is 0 Å². The highest BCUT2D eigenvalue weighted by atomic mass is 32.1. The fourth-order valence-electron chi connectivity index (χ4n) is 1.87. The van der Waals surface area contributed by atoms with E-state index in [1.165, 1.54) is 6.92 Å². The van der Waals surface area contributed by atoms with Crippen molar-refractivity contribution in [3.63, 3.8) is 0 Å². The lowest BCUT2D eigenvalue weighted by atomic mass is 10.2. The van der Waals surface area contributed by atoms with Crippen LogP contribution in [0.15, 0.2) is 33.9 Å². The van der Waals surface area contributed by atoms with Crippen LogP contribution in [0.5, 0.6) is 5.75 Å². The molecule has 0 unspecified atom stereocenters. The third-order valence-corrected chi connectivity index (χ3v) is 3.89. The van der Waals surface area contributed by atoms with Crippen LogP contribution in [0, 0.1) is 6.92 Å². The third-order valence-electron chi connectivity index (χ3n) is 2.93. The number of aryl methyl sites for hydroxylation is 1. The Kier molecular flexibility index (Phi) is 3.26. The highest BCUT2D eigenvalue weighted by Gasteiger charge is 2.08. The molecule has 3 rings (SSSR count). The predicted molar refractivity (Wildman–Crippen MR) is 79.9 cm³/mol. The van der Waals surface area contributed by atoms with Crippen LogP contribution < -0.4 is 20.4 Å². The molecule has 2 aromatic heterocycles. The lowest BCUT2D eigenvalue weighted by Crippen LogP contribution is -2.27. The molecule has 21 heavy (non-hydrogen) atoms. The van der Waals surface area contributed by atoms with E-state index in [0.717, 1.165) is 21.4 Å². The smallest absolute Gasteiger partial charge is 0.295 e. The third kappa shape index (κ3) is 2.43. The van der Waals surface area contributed by atoms with Gasteiger partial charge in [0, 0.05) is 0 Å². The minimum absolute atomic E-state index is 0.204. The molecule has 0 N–H and O–H groups in total. The normalized spacial score (nSPS) is 12.0. The van der Waals surface area contributed by atoms with E-state index in [2.05, 4.69) is 10.1 Å². The summed E-state index contributed by atoms with van der Waals surface area (Å²) in [5, 5.41) is 3.97. The summed E-state index contributed by atoms with van der Waals surface area (Å²) in [6.07, 6.45) is 1.73. The summed E-state index contributed by atoms with van der Waals surface area (Å²) in [4.78, 5) is 27.9. The first-order chi connectivity index (χ1) is 10.1. The zero-order chi connectivity index (χ0) is 15.0. The lowest BCUT2D eigenvalue weighted by molar-refractivity contribution is 0.414. The van der Waals surface area contributed by atoms with Crippen molar-refractivity contribution in [3.05, 3.63) is 60.8 Å². The molecule has 7 heteroatoms. The van der Waals surface area contributed by atoms with E-state index in [9.17, 15) is 9.59 Å². The Hall–Kier alpha value is -2.54. The van der Waals surface area contributed by atoms with Gasteiger partial charge in [-0.25, -0.2) is 0 Å². The van der Waals surface area contributed by atoms with Crippen molar-refractivity contribution in [2.24, 2.45) is 0 Å². The number of aromatic nitrogens is 3. The van der Waals surface area contributed by atoms with Crippen molar-refractivity contribution in [2.45, 2.75) is 6.92 Å². The van der Waals surface area contributed by atoms with Gasteiger partial charge < -0.3 is 4.74 Å². The molecule has 6 nitrogen and oxygen atoms in total. The summed E-state index contributed by atoms with van der Waals surface area (Å²) in [6.45, 7) is 1.53. The molecule has 0 radical (unpaired) electrons. The largest absolute Gasteiger partial charge is 0.497 e. The SMILES string of the molecule is COc1cccc(C=c2sc3nc(=O)c(C)nn3c2=O)c1. The zero-order valence-corrected chi connectivity index (χ0v) is 12.2. The first kappa shape index (κ1) is 13.4. The van der Waals surface area contributed by atoms with Crippen molar-refractivity contribution in [3.8, 4) is 5.75 Å². The van der Waals surface area contributed by atoms with Gasteiger partial charge in [-0.05, 0) is 30.7 Å². The second-order valence-electron chi connectivity index (χ2n) is 4.39. The Labute approximate surface area is 123 Å². The van der Waals surface area contributed by atoms with Crippen LogP contribution in [0.25, 0.3) is 11.0 Å². The molecule has 0 amide bonds. The number of thiazole rings is 1. The van der Waals surface area contributed by atoms with Crippen molar-refractivity contribution in [1.29, 1.82) is 0 Å². The average molecular weight is 301 g/mol. The first-order valence-corrected chi connectivity index (χ1v) is 6.96. The molecule has 1 aromatic carbocycles. The van der Waals surface area contributed by atoms with E-state index in [-0.39, 0.29) is 11.3 Å². The Bertz CT molecular complexity index is 991. The molecule has 106 valence electrons. The number of benzene rings is 1. The van der Waals surface area contributed by atoms with Gasteiger partial charge in [0.25, 0.3) is 11.1 Å². The van der Waals surface area contributed by atoms with Gasteiger partial charge in [0.05, 0.1) is 11.6 Å². The average Bonchev–Trinajstić information content (AvgIpc) is 2.76. The molecule has 0 aliphatic heterocycles. The molecule has 0 fully saturated rings. The molecule has 0 spiro atoms. The summed E-state index contributed by atoms with van der Waals surface area (Å²) in [7, 11) is 1.58. The number of ether oxygens (including phenoxy) is 1. The standard InChI is InChI=1S/C14H11N3O3S/c1-8-12(18)15-14-17(16-8)13(19)11(21-14)7-9-4-3-5-10(6-9)20-2/h3-7H,1-2H3. The molecule has 3 aromatic rings. The number of fused-ring (bicyclic) bond motifs is 1. The van der Waals surface area contributed by atoms with Gasteiger partial charge in [-0.2, -0.15) is 14.6 Å². The van der Waals surface area contributed by atoms with Crippen molar-refractivity contribution < 1.29 is 4.74 Å². The quantitative estimate of drug-likeness (QED) is 0.684. The van der Waals surface area contributed by atoms with E-state index < -0.39 is 5.56 Å². The number of hydrogen-bond acceptors (Lipinski definition) is 6. The van der Waals surface area contributed by atoms with Gasteiger partial charge >= 0.3 is 0 Å². The molecule has 0 bridgehead atoms. The number of nitrogens with zero attached hydrogens (tertiary/aromatic N) is 3. The fraction of sp³-hybridized carbons (Fsp3) is 0.143. The van der Waals surface area contributed by atoms with Crippen LogP contribution in [0.3, 0.4) is 0 Å². The maximum atomic E-state index is 12.3. The highest BCUT2D eigenvalue weighted by molar-refractivity contribution is 7.15. The van der Waals surface area contributed by atoms with Crippen molar-refractivity contribution >= 4 is 22.4 Å². The number of hydrogen-bond donors (Lipinski definition) is 0. The second-order valence-corrected chi connectivity index (χ2v) is 5.40. The van der Waals surface area contributed by atoms with Gasteiger partial charge in [0.2, 0.25) is 4.96 Å². The van der Waals surface area contributed by atoms with Crippen LogP contribution in [-0.2, 0) is 0 Å². The Morgan fingerprint density at radius 3 is 2.90 bits per heavy atom. The summed E-state index contributed by atoms with van der Waals surface area (Å²) in [5.74, 6) is 0.707. The van der Waals surface area contributed by atoms with E-state index in [1.807, 2.05) is 24.3 Å². The van der Waals surface area contributed by atoms with Crippen LogP contribution in [0.2, 0.25) is 0 Å². The van der Waals surface area contributed by atoms with E-state index >= 15 is 0 Å². The molecule has 0 aliphatic rings. The van der Waals surface area contributed by atoms with E-state index in [0.29, 0.717) is 15.2 Å². The van der Waals surface area contributed by atoms with Gasteiger partial charge in [-0.1, -0.05) is 23.5 Å². The van der Waals surface area contributed by atoms with Crippen molar-refractivity contribution in [2.75, 3.05) is 7.11 Å². The highest BCUT2D eigenvalue weighted by Crippen LogP contribution is 2.12. The topological polar surface area (TPSA) is 73.6 Å². The summed E-state index contributed by atoms with van der Waals surface area (Å²) < 4.78 is 6.77. The first-order valence-electron chi connectivity index (χ1n) is 6.15. The van der Waals surface area contributed by atoms with E-state index in [1.54, 1.807) is 13.2 Å². The van der Waals surface area contributed by atoms with Gasteiger partial charge in [0.1, 0.15) is 11.4 Å². The number of methoxy groups -OCH3 is 1. The van der Waals surface area contributed by atoms with Crippen molar-refractivity contribution in [1.82, 2.24) is 14.6 Å². The summed E-state index contributed by atoms with van der Waals surface area (Å²) >= 11 is 1.14. The van der Waals surface area contributed by atoms with Crippen LogP contribution in [0.1, 0.15) is 11.3 Å². The molecule has 0 atom stereocenters. The molecule has 2 heterocycles. The second kappa shape index (κ2) is 5.10. The molecule has 0 aliphatic carbocycles. The maximum absolute atomic E-state index is 12.3. The lowest BCUT2D eigenvalue weighted by Gasteiger charge is -1.98. The predicted octanol–water partition coefficient (Wildman–Crippen LogP) is 0.376. The summed E-state index contributed by atoms with van der Waals surface area (Å²) in [6, 6.07) is 7.35. The Balaban J connectivity index is 2.25. The minimum Gasteiger partial charge on any atom is -0.497 e. The van der Waals surface area contributed by atoms with Gasteiger partial charge in [-0.3, -0.25) is 9.59 Å². The zero-order valence-electron chi connectivity index (χ0n) is 11.4. The Morgan fingerprint density at radius 1 is 1.33 bits per heavy atom. The van der Waals surface area contributed by atoms with Crippen LogP contribution in [0.4, 0.5) is 0 Å². The van der Waals surface area contributed by atoms with Gasteiger partial charge in [-0.15, -0.1) is 0 Å². The Morgan fingerprint density at radius 2 is 2.14 bits per heavy atom. The molecule has 0 saturated heterocycles. The number of rotatable bonds is 2. The molecular formula is C14H11N3O3S. The van der Waals surface area contributed by atoms with Crippen LogP contribution >= 0.6 is 11.3 Å².